The molecular formula is C28H37N3O3. The zero-order valence-corrected chi connectivity index (χ0v) is 20.7. The van der Waals surface area contributed by atoms with Crippen molar-refractivity contribution in [3.63, 3.8) is 0 Å². The molecule has 4 aliphatic heterocycles. The second kappa shape index (κ2) is 9.23. The number of benzene rings is 2. The van der Waals surface area contributed by atoms with Gasteiger partial charge in [-0.15, -0.1) is 0 Å². The van der Waals surface area contributed by atoms with E-state index in [1.807, 2.05) is 12.1 Å². The topological polar surface area (TPSA) is 54.0 Å². The van der Waals surface area contributed by atoms with Crippen molar-refractivity contribution in [3.8, 4) is 16.9 Å². The third-order valence-corrected chi connectivity index (χ3v) is 7.62. The van der Waals surface area contributed by atoms with Crippen LogP contribution in [0, 0.1) is 5.41 Å². The Morgan fingerprint density at radius 2 is 1.62 bits per heavy atom. The summed E-state index contributed by atoms with van der Waals surface area (Å²) in [5, 5.41) is 3.30. The molecule has 0 spiro atoms. The monoisotopic (exact) mass is 463 g/mol. The molecule has 1 N–H and O–H groups in total. The van der Waals surface area contributed by atoms with E-state index in [1.165, 1.54) is 0 Å². The number of nitrogens with one attached hydrogen (secondary N) is 1. The number of ether oxygens (including phenoxy) is 2. The van der Waals surface area contributed by atoms with Crippen LogP contribution >= 0.6 is 0 Å². The lowest BCUT2D eigenvalue weighted by Crippen LogP contribution is -2.52. The van der Waals surface area contributed by atoms with E-state index in [0.717, 1.165) is 74.7 Å². The van der Waals surface area contributed by atoms with Gasteiger partial charge in [-0.25, -0.2) is 4.79 Å². The quantitative estimate of drug-likeness (QED) is 0.686. The predicted molar refractivity (Wildman–Crippen MR) is 134 cm³/mol. The van der Waals surface area contributed by atoms with E-state index in [0.29, 0.717) is 12.6 Å². The molecule has 4 heterocycles. The van der Waals surface area contributed by atoms with E-state index < -0.39 is 5.54 Å². The van der Waals surface area contributed by atoms with Crippen molar-refractivity contribution in [3.05, 3.63) is 54.1 Å². The summed E-state index contributed by atoms with van der Waals surface area (Å²) in [6.45, 7) is 12.6. The highest BCUT2D eigenvalue weighted by atomic mass is 16.5. The average molecular weight is 464 g/mol. The van der Waals surface area contributed by atoms with Gasteiger partial charge in [-0.05, 0) is 55.5 Å². The number of amides is 2. The molecular weight excluding hydrogens is 426 g/mol. The highest BCUT2D eigenvalue weighted by Gasteiger charge is 2.35. The molecule has 2 amide bonds. The lowest BCUT2D eigenvalue weighted by molar-refractivity contribution is -0.120. The Morgan fingerprint density at radius 3 is 2.21 bits per heavy atom. The van der Waals surface area contributed by atoms with Gasteiger partial charge in [-0.2, -0.15) is 0 Å². The van der Waals surface area contributed by atoms with Crippen LogP contribution in [0.25, 0.3) is 11.1 Å². The summed E-state index contributed by atoms with van der Waals surface area (Å²) in [5.74, 6) is 0.885. The maximum atomic E-state index is 13.2. The van der Waals surface area contributed by atoms with Crippen molar-refractivity contribution >= 4 is 6.03 Å². The minimum atomic E-state index is -0.445. The van der Waals surface area contributed by atoms with Crippen molar-refractivity contribution in [1.29, 1.82) is 0 Å². The van der Waals surface area contributed by atoms with Crippen LogP contribution in [-0.4, -0.2) is 67.9 Å². The van der Waals surface area contributed by atoms with Crippen molar-refractivity contribution in [2.24, 2.45) is 5.41 Å². The predicted octanol–water partition coefficient (Wildman–Crippen LogP) is 4.49. The standard InChI is InChI=1S/C28H37N3O3/c1-27(2,29-26(32)31-17-16-30-14-12-24(31)13-15-30)23-8-4-21(5-9-23)22-6-10-25(11-7-22)34-20-28(3)18-33-19-28/h4-11,24H,12-20H2,1-3H3,(H,29,32). The molecule has 0 radical (unpaired) electrons. The van der Waals surface area contributed by atoms with Gasteiger partial charge in [0, 0.05) is 37.6 Å². The van der Waals surface area contributed by atoms with Crippen LogP contribution in [0.5, 0.6) is 5.75 Å². The normalized spacial score (nSPS) is 23.7. The first kappa shape index (κ1) is 23.2. The van der Waals surface area contributed by atoms with E-state index in [9.17, 15) is 4.79 Å². The molecule has 0 aromatic heterocycles. The van der Waals surface area contributed by atoms with Crippen LogP contribution in [-0.2, 0) is 10.3 Å². The van der Waals surface area contributed by atoms with E-state index in [4.69, 9.17) is 9.47 Å². The van der Waals surface area contributed by atoms with Crippen LogP contribution in [0.15, 0.2) is 48.5 Å². The van der Waals surface area contributed by atoms with Gasteiger partial charge in [-0.3, -0.25) is 0 Å². The van der Waals surface area contributed by atoms with Crippen molar-refractivity contribution in [2.45, 2.75) is 45.2 Å². The first-order valence-corrected chi connectivity index (χ1v) is 12.5. The van der Waals surface area contributed by atoms with Crippen LogP contribution < -0.4 is 10.1 Å². The number of hydrogen-bond donors (Lipinski definition) is 1. The van der Waals surface area contributed by atoms with Crippen LogP contribution in [0.3, 0.4) is 0 Å². The number of carbonyl (C=O) groups is 1. The number of hydrogen-bond acceptors (Lipinski definition) is 4. The first-order chi connectivity index (χ1) is 16.3. The molecule has 4 fully saturated rings. The van der Waals surface area contributed by atoms with Crippen LogP contribution in [0.2, 0.25) is 0 Å². The Balaban J connectivity index is 1.21. The molecule has 0 unspecified atom stereocenters. The molecule has 0 atom stereocenters. The minimum Gasteiger partial charge on any atom is -0.493 e. The molecule has 0 saturated carbocycles. The summed E-state index contributed by atoms with van der Waals surface area (Å²) in [7, 11) is 0. The van der Waals surface area contributed by atoms with Crippen LogP contribution in [0.1, 0.15) is 39.2 Å². The molecule has 4 aliphatic rings. The largest absolute Gasteiger partial charge is 0.493 e. The molecule has 6 nitrogen and oxygen atoms in total. The fourth-order valence-electron chi connectivity index (χ4n) is 5.18. The molecule has 2 aromatic carbocycles. The lowest BCUT2D eigenvalue weighted by atomic mass is 9.90. The Hall–Kier alpha value is -2.57. The number of rotatable bonds is 6. The molecule has 2 aromatic rings. The number of nitrogens with zero attached hydrogens (tertiary/aromatic N) is 2. The Bertz CT molecular complexity index is 991. The van der Waals surface area contributed by atoms with Gasteiger partial charge in [0.25, 0.3) is 0 Å². The van der Waals surface area contributed by atoms with Gasteiger partial charge in [0.2, 0.25) is 0 Å². The highest BCUT2D eigenvalue weighted by molar-refractivity contribution is 5.76. The van der Waals surface area contributed by atoms with E-state index in [2.05, 4.69) is 72.3 Å². The summed E-state index contributed by atoms with van der Waals surface area (Å²) in [4.78, 5) is 17.7. The summed E-state index contributed by atoms with van der Waals surface area (Å²) in [6.07, 6.45) is 2.17. The molecule has 182 valence electrons. The van der Waals surface area contributed by atoms with Gasteiger partial charge in [-0.1, -0.05) is 43.3 Å². The Kier molecular flexibility index (Phi) is 6.30. The maximum absolute atomic E-state index is 13.2. The number of urea groups is 1. The smallest absolute Gasteiger partial charge is 0.318 e. The minimum absolute atomic E-state index is 0.0562. The average Bonchev–Trinajstić information content (AvgIpc) is 3.16. The number of piperidine rings is 1. The second-order valence-electron chi connectivity index (χ2n) is 11.0. The zero-order chi connectivity index (χ0) is 23.8. The van der Waals surface area contributed by atoms with Gasteiger partial charge in [0.1, 0.15) is 5.75 Å². The maximum Gasteiger partial charge on any atom is 0.318 e. The third-order valence-electron chi connectivity index (χ3n) is 7.62. The highest BCUT2D eigenvalue weighted by Crippen LogP contribution is 2.30. The van der Waals surface area contributed by atoms with Crippen molar-refractivity contribution in [2.75, 3.05) is 46.0 Å². The summed E-state index contributed by atoms with van der Waals surface area (Å²) >= 11 is 0. The number of carbonyl (C=O) groups excluding carboxylic acids is 1. The fourth-order valence-corrected chi connectivity index (χ4v) is 5.18. The molecule has 2 bridgehead atoms. The first-order valence-electron chi connectivity index (χ1n) is 12.5. The lowest BCUT2D eigenvalue weighted by Gasteiger charge is -2.37. The fraction of sp³-hybridized carbons (Fsp3) is 0.536. The summed E-state index contributed by atoms with van der Waals surface area (Å²) < 4.78 is 11.3. The van der Waals surface area contributed by atoms with Gasteiger partial charge >= 0.3 is 6.03 Å². The summed E-state index contributed by atoms with van der Waals surface area (Å²) in [5.41, 5.74) is 3.09. The molecule has 0 aliphatic carbocycles. The van der Waals surface area contributed by atoms with E-state index in [-0.39, 0.29) is 11.4 Å². The van der Waals surface area contributed by atoms with Crippen molar-refractivity contribution < 1.29 is 14.3 Å². The Labute approximate surface area is 203 Å². The van der Waals surface area contributed by atoms with Crippen molar-refractivity contribution in [1.82, 2.24) is 15.1 Å². The molecule has 34 heavy (non-hydrogen) atoms. The summed E-state index contributed by atoms with van der Waals surface area (Å²) in [6, 6.07) is 17.2. The zero-order valence-electron chi connectivity index (χ0n) is 20.7. The molecule has 6 heteroatoms. The second-order valence-corrected chi connectivity index (χ2v) is 11.0. The SMILES string of the molecule is CC1(COc2ccc(-c3ccc(C(C)(C)NC(=O)N4CCN5CCC4CC5)cc3)cc2)COC1. The van der Waals surface area contributed by atoms with Gasteiger partial charge < -0.3 is 24.6 Å². The Morgan fingerprint density at radius 1 is 1.00 bits per heavy atom. The molecule has 4 saturated heterocycles. The number of fused-ring (bicyclic) bond motifs is 4. The van der Waals surface area contributed by atoms with E-state index in [1.54, 1.807) is 0 Å². The van der Waals surface area contributed by atoms with E-state index >= 15 is 0 Å². The van der Waals surface area contributed by atoms with Gasteiger partial charge in [0.15, 0.2) is 0 Å². The van der Waals surface area contributed by atoms with Crippen LogP contribution in [0.4, 0.5) is 4.79 Å². The van der Waals surface area contributed by atoms with Gasteiger partial charge in [0.05, 0.1) is 25.4 Å². The third kappa shape index (κ3) is 4.93. The molecule has 6 rings (SSSR count).